The largest absolute Gasteiger partial charge is 0.382 e. The van der Waals surface area contributed by atoms with E-state index in [2.05, 4.69) is 36.3 Å². The number of hydrogen-bond donors (Lipinski definition) is 0. The summed E-state index contributed by atoms with van der Waals surface area (Å²) < 4.78 is 7.01. The second-order valence-electron chi connectivity index (χ2n) is 7.07. The Labute approximate surface area is 149 Å². The molecule has 1 aromatic carbocycles. The van der Waals surface area contributed by atoms with Gasteiger partial charge in [0, 0.05) is 31.8 Å². The third-order valence-electron chi connectivity index (χ3n) is 5.34. The molecule has 1 saturated heterocycles. The van der Waals surface area contributed by atoms with Crippen LogP contribution < -0.4 is 0 Å². The van der Waals surface area contributed by atoms with Gasteiger partial charge in [0.15, 0.2) is 0 Å². The van der Waals surface area contributed by atoms with Crippen LogP contribution in [0.3, 0.4) is 0 Å². The van der Waals surface area contributed by atoms with Gasteiger partial charge in [0.2, 0.25) is 0 Å². The highest BCUT2D eigenvalue weighted by atomic mass is 16.5. The van der Waals surface area contributed by atoms with E-state index in [0.29, 0.717) is 12.2 Å². The third-order valence-corrected chi connectivity index (χ3v) is 5.34. The van der Waals surface area contributed by atoms with Crippen LogP contribution in [0, 0.1) is 6.92 Å². The first kappa shape index (κ1) is 17.7. The lowest BCUT2D eigenvalue weighted by atomic mass is 9.71. The summed E-state index contributed by atoms with van der Waals surface area (Å²) in [4.78, 5) is 14.9. The maximum Gasteiger partial charge on any atom is 0.257 e. The van der Waals surface area contributed by atoms with E-state index in [4.69, 9.17) is 4.74 Å². The summed E-state index contributed by atoms with van der Waals surface area (Å²) in [5, 5.41) is 4.49. The van der Waals surface area contributed by atoms with Gasteiger partial charge in [0.25, 0.3) is 5.91 Å². The van der Waals surface area contributed by atoms with Crippen molar-refractivity contribution >= 4 is 5.91 Å². The van der Waals surface area contributed by atoms with Crippen LogP contribution >= 0.6 is 0 Å². The highest BCUT2D eigenvalue weighted by Crippen LogP contribution is 2.38. The van der Waals surface area contributed by atoms with Gasteiger partial charge in [-0.15, -0.1) is 0 Å². The van der Waals surface area contributed by atoms with Crippen molar-refractivity contribution < 1.29 is 9.53 Å². The van der Waals surface area contributed by atoms with Crippen molar-refractivity contribution in [3.05, 3.63) is 53.3 Å². The van der Waals surface area contributed by atoms with Crippen LogP contribution in [0.2, 0.25) is 0 Å². The molecule has 0 saturated carbocycles. The number of carbonyl (C=O) groups is 1. The smallest absolute Gasteiger partial charge is 0.257 e. The number of amides is 1. The third kappa shape index (κ3) is 3.21. The minimum absolute atomic E-state index is 0.0772. The Morgan fingerprint density at radius 3 is 2.60 bits per heavy atom. The van der Waals surface area contributed by atoms with Crippen molar-refractivity contribution in [2.45, 2.75) is 38.6 Å². The number of ether oxygens (including phenoxy) is 1. The van der Waals surface area contributed by atoms with E-state index < -0.39 is 0 Å². The molecule has 5 heteroatoms. The first-order valence-corrected chi connectivity index (χ1v) is 8.90. The highest BCUT2D eigenvalue weighted by Gasteiger charge is 2.45. The molecular weight excluding hydrogens is 314 g/mol. The Kier molecular flexibility index (Phi) is 4.95. The molecule has 1 aliphatic rings. The minimum Gasteiger partial charge on any atom is -0.382 e. The van der Waals surface area contributed by atoms with E-state index in [9.17, 15) is 4.79 Å². The molecule has 2 aromatic rings. The van der Waals surface area contributed by atoms with E-state index in [1.807, 2.05) is 35.7 Å². The SMILES string of the molecule is CCC1(c2ccccc2)CN(C(=O)c2cn(C(C)COC)nc2C)C1. The van der Waals surface area contributed by atoms with Gasteiger partial charge in [0.1, 0.15) is 0 Å². The fourth-order valence-corrected chi connectivity index (χ4v) is 3.64. The van der Waals surface area contributed by atoms with Crippen LogP contribution in [0.4, 0.5) is 0 Å². The molecule has 1 aliphatic heterocycles. The number of benzene rings is 1. The molecule has 0 radical (unpaired) electrons. The van der Waals surface area contributed by atoms with Crippen LogP contribution in [0.1, 0.15) is 47.9 Å². The fourth-order valence-electron chi connectivity index (χ4n) is 3.64. The van der Waals surface area contributed by atoms with Crippen molar-refractivity contribution in [2.75, 3.05) is 26.8 Å². The van der Waals surface area contributed by atoms with E-state index in [1.165, 1.54) is 5.56 Å². The Hall–Kier alpha value is -2.14. The number of aromatic nitrogens is 2. The van der Waals surface area contributed by atoms with Crippen molar-refractivity contribution in [3.8, 4) is 0 Å². The summed E-state index contributed by atoms with van der Waals surface area (Å²) in [5.41, 5.74) is 2.88. The molecule has 1 atom stereocenters. The molecule has 1 fully saturated rings. The average Bonchev–Trinajstić information content (AvgIpc) is 2.97. The van der Waals surface area contributed by atoms with E-state index in [0.717, 1.165) is 25.2 Å². The van der Waals surface area contributed by atoms with Gasteiger partial charge in [-0.3, -0.25) is 9.48 Å². The minimum atomic E-state index is 0.0772. The van der Waals surface area contributed by atoms with Gasteiger partial charge in [0.05, 0.1) is 23.9 Å². The summed E-state index contributed by atoms with van der Waals surface area (Å²) >= 11 is 0. The Morgan fingerprint density at radius 2 is 2.00 bits per heavy atom. The van der Waals surface area contributed by atoms with E-state index in [-0.39, 0.29) is 17.4 Å². The Bertz CT molecular complexity index is 733. The van der Waals surface area contributed by atoms with Crippen LogP contribution in [-0.2, 0) is 10.2 Å². The lowest BCUT2D eigenvalue weighted by molar-refractivity contribution is 0.0375. The quantitative estimate of drug-likeness (QED) is 0.810. The summed E-state index contributed by atoms with van der Waals surface area (Å²) in [6, 6.07) is 10.6. The number of aryl methyl sites for hydroxylation is 1. The molecular formula is C20H27N3O2. The number of hydrogen-bond acceptors (Lipinski definition) is 3. The highest BCUT2D eigenvalue weighted by molar-refractivity contribution is 5.95. The van der Waals surface area contributed by atoms with Crippen molar-refractivity contribution in [1.29, 1.82) is 0 Å². The monoisotopic (exact) mass is 341 g/mol. The average molecular weight is 341 g/mol. The zero-order valence-electron chi connectivity index (χ0n) is 15.5. The summed E-state index contributed by atoms with van der Waals surface area (Å²) in [6.07, 6.45) is 2.89. The van der Waals surface area contributed by atoms with Gasteiger partial charge < -0.3 is 9.64 Å². The fraction of sp³-hybridized carbons (Fsp3) is 0.500. The number of carbonyl (C=O) groups excluding carboxylic acids is 1. The van der Waals surface area contributed by atoms with E-state index in [1.54, 1.807) is 7.11 Å². The van der Waals surface area contributed by atoms with Gasteiger partial charge in [-0.05, 0) is 25.8 Å². The normalized spacial score (nSPS) is 17.2. The van der Waals surface area contributed by atoms with E-state index >= 15 is 0 Å². The molecule has 134 valence electrons. The molecule has 2 heterocycles. The van der Waals surface area contributed by atoms with Crippen molar-refractivity contribution in [1.82, 2.24) is 14.7 Å². The molecule has 1 aromatic heterocycles. The van der Waals surface area contributed by atoms with Crippen LogP contribution in [0.25, 0.3) is 0 Å². The van der Waals surface area contributed by atoms with Crippen LogP contribution in [0.15, 0.2) is 36.5 Å². The van der Waals surface area contributed by atoms with Gasteiger partial charge >= 0.3 is 0 Å². The van der Waals surface area contributed by atoms with Gasteiger partial charge in [-0.25, -0.2) is 0 Å². The molecule has 1 unspecified atom stereocenters. The summed E-state index contributed by atoms with van der Waals surface area (Å²) in [7, 11) is 1.67. The molecule has 0 aliphatic carbocycles. The van der Waals surface area contributed by atoms with Crippen molar-refractivity contribution in [3.63, 3.8) is 0 Å². The molecule has 0 bridgehead atoms. The van der Waals surface area contributed by atoms with Gasteiger partial charge in [-0.1, -0.05) is 37.3 Å². The lowest BCUT2D eigenvalue weighted by Crippen LogP contribution is -2.60. The maximum atomic E-state index is 12.9. The Balaban J connectivity index is 1.74. The lowest BCUT2D eigenvalue weighted by Gasteiger charge is -2.50. The number of likely N-dealkylation sites (tertiary alicyclic amines) is 1. The van der Waals surface area contributed by atoms with Crippen LogP contribution in [-0.4, -0.2) is 47.4 Å². The molecule has 5 nitrogen and oxygen atoms in total. The van der Waals surface area contributed by atoms with Crippen LogP contribution in [0.5, 0.6) is 0 Å². The summed E-state index contributed by atoms with van der Waals surface area (Å²) in [6.45, 7) is 8.24. The maximum absolute atomic E-state index is 12.9. The molecule has 1 amide bonds. The standard InChI is InChI=1S/C20H27N3O2/c1-5-20(17-9-7-6-8-10-17)13-22(14-20)19(24)18-11-23(21-16(18)3)15(2)12-25-4/h6-11,15H,5,12-14H2,1-4H3. The molecule has 25 heavy (non-hydrogen) atoms. The number of rotatable bonds is 6. The predicted octanol–water partition coefficient (Wildman–Crippen LogP) is 3.20. The Morgan fingerprint density at radius 1 is 1.32 bits per heavy atom. The number of nitrogens with zero attached hydrogens (tertiary/aromatic N) is 3. The second-order valence-corrected chi connectivity index (χ2v) is 7.07. The van der Waals surface area contributed by atoms with Gasteiger partial charge in [-0.2, -0.15) is 5.10 Å². The zero-order valence-corrected chi connectivity index (χ0v) is 15.5. The molecule has 3 rings (SSSR count). The topological polar surface area (TPSA) is 47.4 Å². The molecule has 0 N–H and O–H groups in total. The first-order valence-electron chi connectivity index (χ1n) is 8.90. The zero-order chi connectivity index (χ0) is 18.0. The predicted molar refractivity (Wildman–Crippen MR) is 97.9 cm³/mol. The van der Waals surface area contributed by atoms with Crippen molar-refractivity contribution in [2.24, 2.45) is 0 Å². The second kappa shape index (κ2) is 7.00. The first-order chi connectivity index (χ1) is 12.0. The molecule has 0 spiro atoms. The number of methoxy groups -OCH3 is 1. The summed E-state index contributed by atoms with van der Waals surface area (Å²) in [5.74, 6) is 0.0772.